The zero-order chi connectivity index (χ0) is 8.97. The second kappa shape index (κ2) is 3.67. The summed E-state index contributed by atoms with van der Waals surface area (Å²) in [6, 6.07) is 6.15. The lowest BCUT2D eigenvalue weighted by Gasteiger charge is -1.95. The number of hydrogen-bond acceptors (Lipinski definition) is 2. The molecule has 0 heterocycles. The number of carboxylic acids is 1. The summed E-state index contributed by atoms with van der Waals surface area (Å²) < 4.78 is 0. The van der Waals surface area contributed by atoms with E-state index in [1.165, 1.54) is 12.1 Å². The zero-order valence-electron chi connectivity index (χ0n) is 6.28. The number of carboxylic acid groups (broad SMARTS) is 1. The second-order valence-electron chi connectivity index (χ2n) is 2.32. The van der Waals surface area contributed by atoms with E-state index in [1.807, 2.05) is 0 Å². The fourth-order valence-electron chi connectivity index (χ4n) is 0.849. The Kier molecular flexibility index (Phi) is 2.58. The average Bonchev–Trinajstić information content (AvgIpc) is 2.06. The van der Waals surface area contributed by atoms with Crippen molar-refractivity contribution in [3.05, 3.63) is 35.4 Å². The molecule has 0 bridgehead atoms. The predicted molar refractivity (Wildman–Crippen MR) is 42.8 cm³/mol. The highest BCUT2D eigenvalue weighted by Crippen LogP contribution is 2.03. The fraction of sp³-hybridized carbons (Fsp3) is 0.111. The largest absolute Gasteiger partial charge is 0.478 e. The number of aromatic carboxylic acids is 1. The first-order valence-corrected chi connectivity index (χ1v) is 3.41. The van der Waals surface area contributed by atoms with E-state index >= 15 is 0 Å². The first-order valence-electron chi connectivity index (χ1n) is 3.41. The molecule has 1 rings (SSSR count). The molecule has 3 heteroatoms. The Morgan fingerprint density at radius 3 is 2.33 bits per heavy atom. The van der Waals surface area contributed by atoms with Gasteiger partial charge in [-0.05, 0) is 17.7 Å². The third-order valence-corrected chi connectivity index (χ3v) is 1.48. The Bertz CT molecular complexity index is 287. The molecule has 0 amide bonds. The lowest BCUT2D eigenvalue weighted by atomic mass is 10.1. The monoisotopic (exact) mass is 163 g/mol. The molecule has 0 aliphatic rings. The van der Waals surface area contributed by atoms with Crippen LogP contribution in [-0.2, 0) is 11.2 Å². The van der Waals surface area contributed by atoms with Crippen molar-refractivity contribution in [3.8, 4) is 0 Å². The molecule has 1 N–H and O–H groups in total. The quantitative estimate of drug-likeness (QED) is 0.724. The summed E-state index contributed by atoms with van der Waals surface area (Å²) in [5.41, 5.74) is 1.000. The lowest BCUT2D eigenvalue weighted by Crippen LogP contribution is -1.96. The van der Waals surface area contributed by atoms with E-state index < -0.39 is 5.97 Å². The normalized spacial score (nSPS) is 9.33. The molecule has 1 radical (unpaired) electrons. The summed E-state index contributed by atoms with van der Waals surface area (Å²) in [5, 5.41) is 8.53. The minimum Gasteiger partial charge on any atom is -0.478 e. The SMILES string of the molecule is O=[C]Cc1ccc(C(=O)O)cc1. The van der Waals surface area contributed by atoms with E-state index in [-0.39, 0.29) is 12.0 Å². The van der Waals surface area contributed by atoms with Crippen LogP contribution in [0.15, 0.2) is 24.3 Å². The van der Waals surface area contributed by atoms with Crippen molar-refractivity contribution in [2.45, 2.75) is 6.42 Å². The van der Waals surface area contributed by atoms with Gasteiger partial charge in [0.2, 0.25) is 6.29 Å². The van der Waals surface area contributed by atoms with Crippen LogP contribution in [0.4, 0.5) is 0 Å². The molecule has 61 valence electrons. The number of rotatable bonds is 3. The first-order chi connectivity index (χ1) is 5.74. The predicted octanol–water partition coefficient (Wildman–Crippen LogP) is 1.04. The summed E-state index contributed by atoms with van der Waals surface area (Å²) in [6.07, 6.45) is 1.94. The van der Waals surface area contributed by atoms with E-state index in [2.05, 4.69) is 0 Å². The molecule has 3 nitrogen and oxygen atoms in total. The van der Waals surface area contributed by atoms with Crippen LogP contribution in [-0.4, -0.2) is 17.4 Å². The maximum absolute atomic E-state index is 10.4. The Morgan fingerprint density at radius 1 is 1.33 bits per heavy atom. The van der Waals surface area contributed by atoms with Crippen molar-refractivity contribution in [1.29, 1.82) is 0 Å². The molecule has 12 heavy (non-hydrogen) atoms. The highest BCUT2D eigenvalue weighted by molar-refractivity contribution is 5.87. The number of carbonyl (C=O) groups excluding carboxylic acids is 1. The van der Waals surface area contributed by atoms with Crippen LogP contribution in [0.3, 0.4) is 0 Å². The maximum atomic E-state index is 10.4. The minimum atomic E-state index is -0.961. The standard InChI is InChI=1S/C9H7O3/c10-6-5-7-1-3-8(4-2-7)9(11)12/h1-4H,5H2,(H,11,12). The molecular weight excluding hydrogens is 156 g/mol. The molecule has 0 aliphatic carbocycles. The van der Waals surface area contributed by atoms with Gasteiger partial charge in [-0.1, -0.05) is 12.1 Å². The van der Waals surface area contributed by atoms with Gasteiger partial charge in [0, 0.05) is 6.42 Å². The van der Waals surface area contributed by atoms with E-state index in [0.29, 0.717) is 0 Å². The summed E-state index contributed by atoms with van der Waals surface area (Å²) in [5.74, 6) is -0.961. The topological polar surface area (TPSA) is 54.4 Å². The van der Waals surface area contributed by atoms with E-state index in [9.17, 15) is 9.59 Å². The van der Waals surface area contributed by atoms with Crippen LogP contribution in [0, 0.1) is 0 Å². The van der Waals surface area contributed by atoms with Crippen LogP contribution < -0.4 is 0 Å². The van der Waals surface area contributed by atoms with E-state index in [0.717, 1.165) is 5.56 Å². The van der Waals surface area contributed by atoms with Crippen LogP contribution in [0.1, 0.15) is 15.9 Å². The van der Waals surface area contributed by atoms with Crippen LogP contribution in [0.25, 0.3) is 0 Å². The first kappa shape index (κ1) is 8.46. The van der Waals surface area contributed by atoms with Gasteiger partial charge in [-0.2, -0.15) is 0 Å². The van der Waals surface area contributed by atoms with Crippen LogP contribution >= 0.6 is 0 Å². The fourth-order valence-corrected chi connectivity index (χ4v) is 0.849. The highest BCUT2D eigenvalue weighted by atomic mass is 16.4. The highest BCUT2D eigenvalue weighted by Gasteiger charge is 2.00. The van der Waals surface area contributed by atoms with E-state index in [1.54, 1.807) is 18.4 Å². The molecule has 0 aliphatic heterocycles. The molecule has 0 aromatic heterocycles. The van der Waals surface area contributed by atoms with Gasteiger partial charge in [0.1, 0.15) is 0 Å². The van der Waals surface area contributed by atoms with Crippen molar-refractivity contribution in [3.63, 3.8) is 0 Å². The average molecular weight is 163 g/mol. The van der Waals surface area contributed by atoms with Crippen molar-refractivity contribution in [2.75, 3.05) is 0 Å². The Hall–Kier alpha value is -1.64. The second-order valence-corrected chi connectivity index (χ2v) is 2.32. The maximum Gasteiger partial charge on any atom is 0.335 e. The van der Waals surface area contributed by atoms with Crippen molar-refractivity contribution >= 4 is 12.3 Å². The molecule has 0 atom stereocenters. The van der Waals surface area contributed by atoms with Gasteiger partial charge >= 0.3 is 5.97 Å². The van der Waals surface area contributed by atoms with Gasteiger partial charge in [0.15, 0.2) is 0 Å². The van der Waals surface area contributed by atoms with Gasteiger partial charge < -0.3 is 5.11 Å². The summed E-state index contributed by atoms with van der Waals surface area (Å²) in [7, 11) is 0. The summed E-state index contributed by atoms with van der Waals surface area (Å²) in [4.78, 5) is 20.3. The Morgan fingerprint density at radius 2 is 1.92 bits per heavy atom. The van der Waals surface area contributed by atoms with Gasteiger partial charge in [0.05, 0.1) is 5.56 Å². The molecule has 0 saturated heterocycles. The summed E-state index contributed by atoms with van der Waals surface area (Å²) >= 11 is 0. The Balaban J connectivity index is 2.85. The molecule has 1 aromatic rings. The number of benzene rings is 1. The van der Waals surface area contributed by atoms with E-state index in [4.69, 9.17) is 5.11 Å². The lowest BCUT2D eigenvalue weighted by molar-refractivity contribution is 0.0697. The molecule has 0 unspecified atom stereocenters. The van der Waals surface area contributed by atoms with Gasteiger partial charge in [0.25, 0.3) is 0 Å². The third-order valence-electron chi connectivity index (χ3n) is 1.48. The molecule has 1 aromatic carbocycles. The van der Waals surface area contributed by atoms with Crippen molar-refractivity contribution in [2.24, 2.45) is 0 Å². The van der Waals surface area contributed by atoms with Crippen LogP contribution in [0.5, 0.6) is 0 Å². The van der Waals surface area contributed by atoms with Crippen molar-refractivity contribution in [1.82, 2.24) is 0 Å². The van der Waals surface area contributed by atoms with Crippen molar-refractivity contribution < 1.29 is 14.7 Å². The smallest absolute Gasteiger partial charge is 0.335 e. The minimum absolute atomic E-state index is 0.208. The summed E-state index contributed by atoms with van der Waals surface area (Å²) in [6.45, 7) is 0. The van der Waals surface area contributed by atoms with Crippen LogP contribution in [0.2, 0.25) is 0 Å². The third kappa shape index (κ3) is 1.92. The zero-order valence-corrected chi connectivity index (χ0v) is 6.28. The molecule has 0 saturated carbocycles. The Labute approximate surface area is 69.6 Å². The molecule has 0 fully saturated rings. The molecular formula is C9H7O3. The van der Waals surface area contributed by atoms with Gasteiger partial charge in [-0.25, -0.2) is 4.79 Å². The number of carbonyl (C=O) groups is 1. The van der Waals surface area contributed by atoms with Gasteiger partial charge in [-0.15, -0.1) is 0 Å². The number of hydrogen-bond donors (Lipinski definition) is 1. The molecule has 0 spiro atoms. The van der Waals surface area contributed by atoms with Gasteiger partial charge in [-0.3, -0.25) is 4.79 Å².